The van der Waals surface area contributed by atoms with E-state index in [1.54, 1.807) is 7.05 Å². The Labute approximate surface area is 98.5 Å². The summed E-state index contributed by atoms with van der Waals surface area (Å²) in [7, 11) is 4.37. The molecule has 3 N–H and O–H groups in total. The summed E-state index contributed by atoms with van der Waals surface area (Å²) in [4.78, 5) is 11.5. The molecule has 1 aromatic rings. The largest absolute Gasteiger partial charge is 0.494 e. The Balaban J connectivity index is 3.46. The maximum absolute atomic E-state index is 11.5. The van der Waals surface area contributed by atoms with Crippen molar-refractivity contribution < 1.29 is 14.3 Å². The Morgan fingerprint density at radius 2 is 2.12 bits per heavy atom. The van der Waals surface area contributed by atoms with Gasteiger partial charge in [-0.3, -0.25) is 0 Å². The lowest BCUT2D eigenvalue weighted by Crippen LogP contribution is -2.08. The van der Waals surface area contributed by atoms with E-state index in [0.29, 0.717) is 10.7 Å². The van der Waals surface area contributed by atoms with Crippen LogP contribution < -0.4 is 15.8 Å². The molecular weight excluding hydrogens is 232 g/mol. The Hall–Kier alpha value is -1.62. The summed E-state index contributed by atoms with van der Waals surface area (Å²) in [5.41, 5.74) is 6.81. The van der Waals surface area contributed by atoms with E-state index >= 15 is 0 Å². The number of nitrogen functional groups attached to an aromatic ring is 1. The van der Waals surface area contributed by atoms with Crippen molar-refractivity contribution in [3.8, 4) is 5.75 Å². The van der Waals surface area contributed by atoms with Crippen LogP contribution in [0.1, 0.15) is 10.4 Å². The highest BCUT2D eigenvalue weighted by Gasteiger charge is 2.20. The average molecular weight is 245 g/mol. The number of halogens is 1. The summed E-state index contributed by atoms with van der Waals surface area (Å²) in [6, 6.07) is 1.45. The Bertz CT molecular complexity index is 421. The van der Waals surface area contributed by atoms with Gasteiger partial charge >= 0.3 is 5.97 Å². The van der Waals surface area contributed by atoms with Gasteiger partial charge in [0, 0.05) is 7.05 Å². The summed E-state index contributed by atoms with van der Waals surface area (Å²) in [6.07, 6.45) is 0. The third-order valence-corrected chi connectivity index (χ3v) is 2.43. The van der Waals surface area contributed by atoms with Crippen LogP contribution in [0.3, 0.4) is 0 Å². The van der Waals surface area contributed by atoms with E-state index in [1.807, 2.05) is 0 Å². The van der Waals surface area contributed by atoms with E-state index in [2.05, 4.69) is 10.1 Å². The molecule has 1 rings (SSSR count). The van der Waals surface area contributed by atoms with Crippen LogP contribution in [-0.4, -0.2) is 27.2 Å². The summed E-state index contributed by atoms with van der Waals surface area (Å²) in [5, 5.41) is 3.17. The van der Waals surface area contributed by atoms with Crippen LogP contribution in [0.5, 0.6) is 5.75 Å². The molecule has 88 valence electrons. The van der Waals surface area contributed by atoms with Crippen LogP contribution in [0.2, 0.25) is 5.02 Å². The second-order valence-electron chi connectivity index (χ2n) is 2.97. The number of anilines is 2. The van der Waals surface area contributed by atoms with Gasteiger partial charge in [0.2, 0.25) is 0 Å². The molecule has 0 saturated carbocycles. The zero-order valence-electron chi connectivity index (χ0n) is 9.26. The molecule has 0 spiro atoms. The number of ether oxygens (including phenoxy) is 2. The van der Waals surface area contributed by atoms with Crippen molar-refractivity contribution in [1.29, 1.82) is 0 Å². The van der Waals surface area contributed by atoms with Crippen LogP contribution in [0, 0.1) is 0 Å². The van der Waals surface area contributed by atoms with E-state index in [9.17, 15) is 4.79 Å². The van der Waals surface area contributed by atoms with E-state index in [1.165, 1.54) is 20.3 Å². The second kappa shape index (κ2) is 4.94. The molecule has 0 unspecified atom stereocenters. The number of hydrogen-bond acceptors (Lipinski definition) is 5. The molecule has 0 aliphatic heterocycles. The third-order valence-electron chi connectivity index (χ3n) is 2.13. The molecule has 0 atom stereocenters. The van der Waals surface area contributed by atoms with E-state index in [4.69, 9.17) is 22.1 Å². The predicted molar refractivity (Wildman–Crippen MR) is 63.3 cm³/mol. The van der Waals surface area contributed by atoms with Crippen molar-refractivity contribution in [3.63, 3.8) is 0 Å². The fourth-order valence-corrected chi connectivity index (χ4v) is 1.69. The standard InChI is InChI=1S/C10H13ClN2O3/c1-13-8-6(11)4-5(10(14)16-3)9(15-2)7(8)12/h4,13H,12H2,1-3H3. The van der Waals surface area contributed by atoms with Crippen molar-refractivity contribution in [2.75, 3.05) is 32.3 Å². The highest BCUT2D eigenvalue weighted by molar-refractivity contribution is 6.34. The van der Waals surface area contributed by atoms with Crippen LogP contribution >= 0.6 is 11.6 Å². The number of carbonyl (C=O) groups excluding carboxylic acids is 1. The lowest BCUT2D eigenvalue weighted by Gasteiger charge is -2.14. The number of carbonyl (C=O) groups is 1. The molecule has 1 aromatic carbocycles. The van der Waals surface area contributed by atoms with Crippen LogP contribution in [0.15, 0.2) is 6.07 Å². The second-order valence-corrected chi connectivity index (χ2v) is 3.38. The van der Waals surface area contributed by atoms with Gasteiger partial charge in [0.15, 0.2) is 5.75 Å². The SMILES string of the molecule is CNc1c(Cl)cc(C(=O)OC)c(OC)c1N. The fraction of sp³-hybridized carbons (Fsp3) is 0.300. The normalized spacial score (nSPS) is 9.75. The molecule has 0 aromatic heterocycles. The molecule has 0 aliphatic rings. The average Bonchev–Trinajstić information content (AvgIpc) is 2.28. The number of esters is 1. The first-order chi connectivity index (χ1) is 7.56. The molecule has 0 radical (unpaired) electrons. The quantitative estimate of drug-likeness (QED) is 0.626. The van der Waals surface area contributed by atoms with Crippen molar-refractivity contribution in [2.24, 2.45) is 0 Å². The zero-order chi connectivity index (χ0) is 12.3. The minimum absolute atomic E-state index is 0.200. The molecule has 0 fully saturated rings. The predicted octanol–water partition coefficient (Wildman–Crippen LogP) is 1.76. The molecule has 0 amide bonds. The number of methoxy groups -OCH3 is 2. The van der Waals surface area contributed by atoms with Crippen molar-refractivity contribution >= 4 is 28.9 Å². The topological polar surface area (TPSA) is 73.6 Å². The molecule has 6 heteroatoms. The molecule has 0 heterocycles. The zero-order valence-corrected chi connectivity index (χ0v) is 10.0. The van der Waals surface area contributed by atoms with Gasteiger partial charge in [-0.2, -0.15) is 0 Å². The molecule has 0 aliphatic carbocycles. The number of nitrogens with one attached hydrogen (secondary N) is 1. The van der Waals surface area contributed by atoms with Crippen molar-refractivity contribution in [2.45, 2.75) is 0 Å². The van der Waals surface area contributed by atoms with Gasteiger partial charge in [-0.25, -0.2) is 4.79 Å². The molecule has 0 bridgehead atoms. The first-order valence-electron chi connectivity index (χ1n) is 4.48. The first-order valence-corrected chi connectivity index (χ1v) is 4.86. The molecule has 5 nitrogen and oxygen atoms in total. The molecule has 0 saturated heterocycles. The van der Waals surface area contributed by atoms with Crippen LogP contribution in [-0.2, 0) is 4.74 Å². The Morgan fingerprint density at radius 1 is 1.50 bits per heavy atom. The summed E-state index contributed by atoms with van der Waals surface area (Å²) in [6.45, 7) is 0. The van der Waals surface area contributed by atoms with Gasteiger partial charge in [0.25, 0.3) is 0 Å². The molecule has 16 heavy (non-hydrogen) atoms. The van der Waals surface area contributed by atoms with Crippen molar-refractivity contribution in [1.82, 2.24) is 0 Å². The maximum Gasteiger partial charge on any atom is 0.341 e. The monoisotopic (exact) mass is 244 g/mol. The van der Waals surface area contributed by atoms with E-state index in [-0.39, 0.29) is 17.0 Å². The number of benzene rings is 1. The smallest absolute Gasteiger partial charge is 0.341 e. The minimum atomic E-state index is -0.548. The van der Waals surface area contributed by atoms with Gasteiger partial charge in [-0.15, -0.1) is 0 Å². The van der Waals surface area contributed by atoms with Gasteiger partial charge < -0.3 is 20.5 Å². The molecular formula is C10H13ClN2O3. The van der Waals surface area contributed by atoms with Crippen LogP contribution in [0.25, 0.3) is 0 Å². The lowest BCUT2D eigenvalue weighted by molar-refractivity contribution is 0.0597. The number of rotatable bonds is 3. The minimum Gasteiger partial charge on any atom is -0.494 e. The van der Waals surface area contributed by atoms with E-state index < -0.39 is 5.97 Å². The maximum atomic E-state index is 11.5. The van der Waals surface area contributed by atoms with Gasteiger partial charge in [-0.05, 0) is 6.07 Å². The third kappa shape index (κ3) is 1.99. The lowest BCUT2D eigenvalue weighted by atomic mass is 10.1. The highest BCUT2D eigenvalue weighted by Crippen LogP contribution is 2.39. The Morgan fingerprint density at radius 3 is 2.56 bits per heavy atom. The summed E-state index contributed by atoms with van der Waals surface area (Å²) < 4.78 is 9.68. The fourth-order valence-electron chi connectivity index (χ4n) is 1.39. The summed E-state index contributed by atoms with van der Waals surface area (Å²) in [5.74, 6) is -0.297. The van der Waals surface area contributed by atoms with Crippen LogP contribution in [0.4, 0.5) is 11.4 Å². The Kier molecular flexibility index (Phi) is 3.84. The number of nitrogens with two attached hydrogens (primary N) is 1. The highest BCUT2D eigenvalue weighted by atomic mass is 35.5. The first kappa shape index (κ1) is 12.4. The van der Waals surface area contributed by atoms with Crippen molar-refractivity contribution in [3.05, 3.63) is 16.7 Å². The van der Waals surface area contributed by atoms with Gasteiger partial charge in [-0.1, -0.05) is 11.6 Å². The number of hydrogen-bond donors (Lipinski definition) is 2. The van der Waals surface area contributed by atoms with Gasteiger partial charge in [0.05, 0.1) is 24.9 Å². The van der Waals surface area contributed by atoms with E-state index in [0.717, 1.165) is 0 Å². The van der Waals surface area contributed by atoms with Gasteiger partial charge in [0.1, 0.15) is 11.3 Å². The summed E-state index contributed by atoms with van der Waals surface area (Å²) >= 11 is 5.96.